The number of aliphatic carboxylic acids is 1. The molecule has 1 heterocycles. The first kappa shape index (κ1) is 10.9. The smallest absolute Gasteiger partial charge is 0.346 e. The fraction of sp³-hybridized carbons (Fsp3) is 0.100. The van der Waals surface area contributed by atoms with Crippen molar-refractivity contribution in [2.24, 2.45) is 0 Å². The highest BCUT2D eigenvalue weighted by Gasteiger charge is 2.28. The zero-order valence-electron chi connectivity index (χ0n) is 7.89. The number of hydrogen-bond acceptors (Lipinski definition) is 4. The zero-order chi connectivity index (χ0) is 11.4. The first-order valence-corrected chi connectivity index (χ1v) is 4.07. The lowest BCUT2D eigenvalue weighted by Crippen LogP contribution is -1.96. The molecule has 5 nitrogen and oxygen atoms in total. The summed E-state index contributed by atoms with van der Waals surface area (Å²) in [5.74, 6) is -1.93. The Hall–Kier alpha value is -2.17. The summed E-state index contributed by atoms with van der Waals surface area (Å²) in [4.78, 5) is 30.7. The number of carbonyl (C=O) groups excluding carboxylic acids is 2. The monoisotopic (exact) mass is 208 g/mol. The minimum Gasteiger partial charge on any atom is -0.481 e. The fourth-order valence-electron chi connectivity index (χ4n) is 1.03. The average Bonchev–Trinajstić information content (AvgIpc) is 2.43. The molecule has 0 saturated heterocycles. The third kappa shape index (κ3) is 2.63. The zero-order valence-corrected chi connectivity index (χ0v) is 7.89. The van der Waals surface area contributed by atoms with Gasteiger partial charge in [-0.3, -0.25) is 4.79 Å². The molecule has 0 radical (unpaired) electrons. The van der Waals surface area contributed by atoms with Gasteiger partial charge in [0.15, 0.2) is 0 Å². The molecule has 78 valence electrons. The molecule has 1 N–H and O–H groups in total. The number of hydrogen-bond donors (Lipinski definition) is 1. The number of cyclic esters (lactones) is 2. The summed E-state index contributed by atoms with van der Waals surface area (Å²) in [6.07, 6.45) is 0. The summed E-state index contributed by atoms with van der Waals surface area (Å²) in [7, 11) is 0. The molecule has 1 aromatic rings. The molecule has 1 aliphatic rings. The number of esters is 2. The normalized spacial score (nSPS) is 12.3. The van der Waals surface area contributed by atoms with Gasteiger partial charge in [0.05, 0.1) is 11.1 Å². The number of carboxylic acid groups (broad SMARTS) is 1. The van der Waals surface area contributed by atoms with E-state index < -0.39 is 17.9 Å². The third-order valence-electron chi connectivity index (χ3n) is 1.55. The van der Waals surface area contributed by atoms with E-state index in [4.69, 9.17) is 9.90 Å². The fourth-order valence-corrected chi connectivity index (χ4v) is 1.03. The standard InChI is InChI=1S/C8H4O3.C2H4O2/c9-7-5-3-1-2-4-6(5)8(10)11-7;1-2(3)4/h1-4H;1H3,(H,3,4). The van der Waals surface area contributed by atoms with E-state index in [0.717, 1.165) is 6.92 Å². The molecule has 0 aliphatic carbocycles. The van der Waals surface area contributed by atoms with E-state index in [1.807, 2.05) is 0 Å². The Labute approximate surface area is 85.3 Å². The Morgan fingerprint density at radius 2 is 1.47 bits per heavy atom. The molecule has 0 aromatic heterocycles. The van der Waals surface area contributed by atoms with Gasteiger partial charge in [-0.25, -0.2) is 9.59 Å². The van der Waals surface area contributed by atoms with Gasteiger partial charge < -0.3 is 9.84 Å². The van der Waals surface area contributed by atoms with E-state index in [0.29, 0.717) is 11.1 Å². The van der Waals surface area contributed by atoms with Crippen molar-refractivity contribution in [3.8, 4) is 0 Å². The summed E-state index contributed by atoms with van der Waals surface area (Å²) in [6, 6.07) is 6.53. The second-order valence-corrected chi connectivity index (χ2v) is 2.74. The van der Waals surface area contributed by atoms with Crippen LogP contribution >= 0.6 is 0 Å². The van der Waals surface area contributed by atoms with E-state index in [-0.39, 0.29) is 0 Å². The molecule has 0 bridgehead atoms. The molecular weight excluding hydrogens is 200 g/mol. The average molecular weight is 208 g/mol. The Bertz CT molecular complexity index is 385. The molecule has 1 aliphatic heterocycles. The molecule has 0 fully saturated rings. The molecule has 5 heteroatoms. The number of benzene rings is 1. The van der Waals surface area contributed by atoms with E-state index in [2.05, 4.69) is 4.74 Å². The van der Waals surface area contributed by atoms with Crippen LogP contribution < -0.4 is 0 Å². The van der Waals surface area contributed by atoms with Crippen molar-refractivity contribution in [3.05, 3.63) is 35.4 Å². The molecule has 1 aromatic carbocycles. The van der Waals surface area contributed by atoms with Crippen LogP contribution in [0.25, 0.3) is 0 Å². The van der Waals surface area contributed by atoms with Crippen LogP contribution in [0.5, 0.6) is 0 Å². The van der Waals surface area contributed by atoms with Crippen LogP contribution in [0.3, 0.4) is 0 Å². The first-order chi connectivity index (χ1) is 7.02. The first-order valence-electron chi connectivity index (χ1n) is 4.07. The predicted molar refractivity (Wildman–Crippen MR) is 49.5 cm³/mol. The molecule has 0 amide bonds. The summed E-state index contributed by atoms with van der Waals surface area (Å²) >= 11 is 0. The van der Waals surface area contributed by atoms with Gasteiger partial charge in [-0.15, -0.1) is 0 Å². The molecule has 0 spiro atoms. The number of fused-ring (bicyclic) bond motifs is 1. The van der Waals surface area contributed by atoms with E-state index in [9.17, 15) is 9.59 Å². The van der Waals surface area contributed by atoms with Crippen molar-refractivity contribution < 1.29 is 24.2 Å². The Morgan fingerprint density at radius 1 is 1.13 bits per heavy atom. The minimum atomic E-state index is -0.833. The van der Waals surface area contributed by atoms with E-state index in [1.165, 1.54) is 0 Å². The quantitative estimate of drug-likeness (QED) is 0.509. The van der Waals surface area contributed by atoms with Gasteiger partial charge >= 0.3 is 11.9 Å². The second-order valence-electron chi connectivity index (χ2n) is 2.74. The number of ether oxygens (including phenoxy) is 1. The van der Waals surface area contributed by atoms with Crippen LogP contribution in [0, 0.1) is 0 Å². The van der Waals surface area contributed by atoms with Gasteiger partial charge in [-0.2, -0.15) is 0 Å². The molecule has 0 saturated carbocycles. The Balaban J connectivity index is 0.000000245. The number of carboxylic acids is 1. The van der Waals surface area contributed by atoms with Crippen LogP contribution in [0.1, 0.15) is 27.6 Å². The van der Waals surface area contributed by atoms with Crippen molar-refractivity contribution in [1.29, 1.82) is 0 Å². The second kappa shape index (κ2) is 4.36. The van der Waals surface area contributed by atoms with Crippen molar-refractivity contribution >= 4 is 17.9 Å². The molecule has 0 atom stereocenters. The lowest BCUT2D eigenvalue weighted by atomic mass is 10.1. The highest BCUT2D eigenvalue weighted by atomic mass is 16.6. The number of carbonyl (C=O) groups is 3. The van der Waals surface area contributed by atoms with Crippen LogP contribution in [-0.4, -0.2) is 23.0 Å². The molecule has 0 unspecified atom stereocenters. The largest absolute Gasteiger partial charge is 0.481 e. The van der Waals surface area contributed by atoms with E-state index in [1.54, 1.807) is 24.3 Å². The topological polar surface area (TPSA) is 80.7 Å². The molecule has 15 heavy (non-hydrogen) atoms. The van der Waals surface area contributed by atoms with Crippen molar-refractivity contribution in [2.75, 3.05) is 0 Å². The van der Waals surface area contributed by atoms with Crippen LogP contribution in [0.15, 0.2) is 24.3 Å². The van der Waals surface area contributed by atoms with Crippen molar-refractivity contribution in [3.63, 3.8) is 0 Å². The Kier molecular flexibility index (Phi) is 3.17. The van der Waals surface area contributed by atoms with E-state index >= 15 is 0 Å². The summed E-state index contributed by atoms with van der Waals surface area (Å²) in [5.41, 5.74) is 0.718. The lowest BCUT2D eigenvalue weighted by Gasteiger charge is -1.86. The van der Waals surface area contributed by atoms with Crippen LogP contribution in [0.2, 0.25) is 0 Å². The Morgan fingerprint density at radius 3 is 1.80 bits per heavy atom. The van der Waals surface area contributed by atoms with Gasteiger partial charge in [0, 0.05) is 6.92 Å². The lowest BCUT2D eigenvalue weighted by molar-refractivity contribution is -0.134. The van der Waals surface area contributed by atoms with Gasteiger partial charge in [-0.1, -0.05) is 12.1 Å². The van der Waals surface area contributed by atoms with Crippen LogP contribution in [-0.2, 0) is 9.53 Å². The SMILES string of the molecule is CC(=O)O.O=C1OC(=O)c2ccccc21. The number of rotatable bonds is 0. The molecule has 2 rings (SSSR count). The molecular formula is C10H8O5. The highest BCUT2D eigenvalue weighted by Crippen LogP contribution is 2.18. The summed E-state index contributed by atoms with van der Waals surface area (Å²) in [6.45, 7) is 1.08. The third-order valence-corrected chi connectivity index (χ3v) is 1.55. The van der Waals surface area contributed by atoms with Gasteiger partial charge in [-0.05, 0) is 12.1 Å². The van der Waals surface area contributed by atoms with Gasteiger partial charge in [0.25, 0.3) is 5.97 Å². The summed E-state index contributed by atoms with van der Waals surface area (Å²) in [5, 5.41) is 7.42. The van der Waals surface area contributed by atoms with Gasteiger partial charge in [0.1, 0.15) is 0 Å². The summed E-state index contributed by atoms with van der Waals surface area (Å²) < 4.78 is 4.35. The highest BCUT2D eigenvalue weighted by molar-refractivity contribution is 6.14. The maximum absolute atomic E-state index is 10.8. The maximum atomic E-state index is 10.8. The minimum absolute atomic E-state index is 0.359. The van der Waals surface area contributed by atoms with Crippen LogP contribution in [0.4, 0.5) is 0 Å². The predicted octanol–water partition coefficient (Wildman–Crippen LogP) is 1.09. The van der Waals surface area contributed by atoms with Gasteiger partial charge in [0.2, 0.25) is 0 Å². The maximum Gasteiger partial charge on any atom is 0.346 e. The van der Waals surface area contributed by atoms with Crippen molar-refractivity contribution in [1.82, 2.24) is 0 Å². The van der Waals surface area contributed by atoms with Crippen molar-refractivity contribution in [2.45, 2.75) is 6.92 Å².